The van der Waals surface area contributed by atoms with Gasteiger partial charge in [-0.1, -0.05) is 42.2 Å². The molecule has 0 spiro atoms. The highest BCUT2D eigenvalue weighted by atomic mass is 32.2. The molecule has 31 heavy (non-hydrogen) atoms. The number of nitrogens with zero attached hydrogens (tertiary/aromatic N) is 2. The first kappa shape index (κ1) is 23.0. The molecule has 1 fully saturated rings. The normalized spacial score (nSPS) is 19.4. The van der Waals surface area contributed by atoms with Crippen LogP contribution in [0, 0.1) is 0 Å². The van der Waals surface area contributed by atoms with E-state index in [2.05, 4.69) is 0 Å². The first-order valence-electron chi connectivity index (χ1n) is 8.90. The number of fused-ring (bicyclic) bond motifs is 1. The molecule has 2 aliphatic rings. The van der Waals surface area contributed by atoms with Crippen molar-refractivity contribution in [3.8, 4) is 5.75 Å². The highest BCUT2D eigenvalue weighted by Gasteiger charge is 2.33. The number of carbonyl (C=O) groups excluding carboxylic acids is 1. The molecule has 0 aromatic heterocycles. The number of hydrogen-bond acceptors (Lipinski definition) is 8. The zero-order valence-corrected chi connectivity index (χ0v) is 18.7. The number of amides is 1. The van der Waals surface area contributed by atoms with Crippen molar-refractivity contribution in [3.63, 3.8) is 0 Å². The van der Waals surface area contributed by atoms with E-state index in [1.165, 1.54) is 0 Å². The summed E-state index contributed by atoms with van der Waals surface area (Å²) in [5.41, 5.74) is 1.33. The van der Waals surface area contributed by atoms with Gasteiger partial charge in [-0.15, -0.1) is 0 Å². The number of carboxylic acids is 1. The topological polar surface area (TPSA) is 124 Å². The Morgan fingerprint density at radius 2 is 2.00 bits per heavy atom. The fourth-order valence-electron chi connectivity index (χ4n) is 2.84. The number of aliphatic carboxylic acids is 1. The molecule has 0 bridgehead atoms. The average Bonchev–Trinajstić information content (AvgIpc) is 3.16. The van der Waals surface area contributed by atoms with E-state index in [4.69, 9.17) is 26.6 Å². The number of carbonyl (C=O) groups is 2. The minimum Gasteiger partial charge on any atom is -0.480 e. The molecule has 1 saturated heterocycles. The lowest BCUT2D eigenvalue weighted by molar-refractivity contribution is -0.140. The lowest BCUT2D eigenvalue weighted by Gasteiger charge is -2.17. The monoisotopic (exact) mass is 482 g/mol. The quantitative estimate of drug-likeness (QED) is 0.340. The van der Waals surface area contributed by atoms with Crippen molar-refractivity contribution in [2.75, 3.05) is 23.7 Å². The van der Waals surface area contributed by atoms with E-state index < -0.39 is 34.3 Å². The van der Waals surface area contributed by atoms with Gasteiger partial charge in [0.1, 0.15) is 10.9 Å². The van der Waals surface area contributed by atoms with E-state index in [1.54, 1.807) is 54.3 Å². The summed E-state index contributed by atoms with van der Waals surface area (Å²) in [5.74, 6) is -1.20. The van der Waals surface area contributed by atoms with Crippen LogP contribution in [0.5, 0.6) is 5.75 Å². The molecule has 3 rings (SSSR count). The van der Waals surface area contributed by atoms with Gasteiger partial charge in [0.05, 0.1) is 16.3 Å². The highest BCUT2D eigenvalue weighted by molar-refractivity contribution is 8.26. The lowest BCUT2D eigenvalue weighted by Crippen LogP contribution is -2.33. The van der Waals surface area contributed by atoms with Crippen molar-refractivity contribution in [2.45, 2.75) is 6.92 Å². The van der Waals surface area contributed by atoms with Crippen molar-refractivity contribution in [1.82, 2.24) is 4.90 Å². The van der Waals surface area contributed by atoms with Gasteiger partial charge in [0.25, 0.3) is 16.0 Å². The lowest BCUT2D eigenvalue weighted by atomic mass is 10.2. The van der Waals surface area contributed by atoms with Gasteiger partial charge in [-0.05, 0) is 36.8 Å². The predicted octanol–water partition coefficient (Wildman–Crippen LogP) is 2.39. The highest BCUT2D eigenvalue weighted by Crippen LogP contribution is 2.38. The molecule has 0 unspecified atom stereocenters. The molecule has 1 aromatic carbocycles. The van der Waals surface area contributed by atoms with Crippen LogP contribution >= 0.6 is 24.0 Å². The van der Waals surface area contributed by atoms with Crippen LogP contribution in [-0.2, 0) is 19.7 Å². The van der Waals surface area contributed by atoms with E-state index in [9.17, 15) is 18.0 Å². The number of thiocarbonyl (C=S) groups is 1. The number of carboxylic acid groups (broad SMARTS) is 1. The average molecular weight is 483 g/mol. The third-order valence-electron chi connectivity index (χ3n) is 4.22. The van der Waals surface area contributed by atoms with E-state index in [0.29, 0.717) is 27.8 Å². The Kier molecular flexibility index (Phi) is 6.84. The number of para-hydroxylation sites is 2. The minimum absolute atomic E-state index is 0.0115. The van der Waals surface area contributed by atoms with Crippen molar-refractivity contribution in [3.05, 3.63) is 58.9 Å². The van der Waals surface area contributed by atoms with Gasteiger partial charge in [0.15, 0.2) is 5.75 Å². The summed E-state index contributed by atoms with van der Waals surface area (Å²) in [7, 11) is -4.16. The second kappa shape index (κ2) is 9.22. The Morgan fingerprint density at radius 1 is 1.29 bits per heavy atom. The summed E-state index contributed by atoms with van der Waals surface area (Å²) in [5, 5.41) is 8.90. The molecular formula is C19H18N2O7S3. The van der Waals surface area contributed by atoms with Gasteiger partial charge in [-0.2, -0.15) is 8.42 Å². The number of thioether (sulfide) groups is 1. The van der Waals surface area contributed by atoms with Gasteiger partial charge in [-0.25, -0.2) is 0 Å². The first-order valence-corrected chi connectivity index (χ1v) is 11.7. The summed E-state index contributed by atoms with van der Waals surface area (Å²) >= 11 is 6.09. The summed E-state index contributed by atoms with van der Waals surface area (Å²) in [6.45, 7) is 1.23. The fraction of sp³-hybridized carbons (Fsp3) is 0.211. The number of rotatable bonds is 7. The molecule has 2 aliphatic heterocycles. The summed E-state index contributed by atoms with van der Waals surface area (Å²) < 4.78 is 37.4. The van der Waals surface area contributed by atoms with Gasteiger partial charge >= 0.3 is 5.97 Å². The SMILES string of the molecule is CC(/C=C1\SC(=S)N(CC(=O)O)C1=O)=C\C=C1/Oc2ccccc2N1CCS(=O)(=O)O. The molecule has 9 nitrogen and oxygen atoms in total. The molecule has 0 radical (unpaired) electrons. The van der Waals surface area contributed by atoms with Gasteiger partial charge in [0.2, 0.25) is 5.88 Å². The second-order valence-corrected chi connectivity index (χ2v) is 9.83. The van der Waals surface area contributed by atoms with Crippen LogP contribution in [0.15, 0.2) is 58.9 Å². The molecule has 164 valence electrons. The number of anilines is 1. The third kappa shape index (κ3) is 5.73. The maximum Gasteiger partial charge on any atom is 0.323 e. The molecule has 12 heteroatoms. The van der Waals surface area contributed by atoms with Crippen LogP contribution < -0.4 is 9.64 Å². The van der Waals surface area contributed by atoms with Crippen LogP contribution in [0.25, 0.3) is 0 Å². The smallest absolute Gasteiger partial charge is 0.323 e. The Bertz CT molecular complexity index is 1140. The molecule has 0 atom stereocenters. The van der Waals surface area contributed by atoms with Crippen LogP contribution in [0.2, 0.25) is 0 Å². The van der Waals surface area contributed by atoms with Crippen molar-refractivity contribution < 1.29 is 32.4 Å². The zero-order chi connectivity index (χ0) is 22.8. The number of hydrogen-bond donors (Lipinski definition) is 2. The van der Waals surface area contributed by atoms with Gasteiger partial charge < -0.3 is 14.7 Å². The molecule has 1 amide bonds. The minimum atomic E-state index is -4.16. The molecule has 1 aromatic rings. The van der Waals surface area contributed by atoms with Crippen LogP contribution in [0.1, 0.15) is 6.92 Å². The summed E-state index contributed by atoms with van der Waals surface area (Å²) in [4.78, 5) is 26.2. The maximum atomic E-state index is 12.4. The van der Waals surface area contributed by atoms with Crippen molar-refractivity contribution in [1.29, 1.82) is 0 Å². The van der Waals surface area contributed by atoms with Gasteiger partial charge in [0, 0.05) is 6.54 Å². The van der Waals surface area contributed by atoms with E-state index >= 15 is 0 Å². The zero-order valence-electron chi connectivity index (χ0n) is 16.2. The molecule has 0 saturated carbocycles. The Hall–Kier alpha value is -2.67. The second-order valence-electron chi connectivity index (χ2n) is 6.58. The van der Waals surface area contributed by atoms with E-state index in [0.717, 1.165) is 16.7 Å². The first-order chi connectivity index (χ1) is 14.5. The van der Waals surface area contributed by atoms with Crippen LogP contribution in [0.3, 0.4) is 0 Å². The molecule has 2 heterocycles. The molecule has 0 aliphatic carbocycles. The van der Waals surface area contributed by atoms with Crippen LogP contribution in [-0.4, -0.2) is 58.0 Å². The summed E-state index contributed by atoms with van der Waals surface area (Å²) in [6.07, 6.45) is 4.88. The number of benzene rings is 1. The molecular weight excluding hydrogens is 464 g/mol. The number of ether oxygens (including phenoxy) is 1. The Labute approximate surface area is 188 Å². The third-order valence-corrected chi connectivity index (χ3v) is 6.30. The van der Waals surface area contributed by atoms with E-state index in [1.807, 2.05) is 0 Å². The van der Waals surface area contributed by atoms with Crippen molar-refractivity contribution >= 4 is 56.0 Å². The standard InChI is InChI=1S/C19H18N2O7S3/c1-12(10-15-18(24)21(11-17(22)23)19(29)30-15)6-7-16-20(8-9-31(25,26)27)13-4-2-3-5-14(13)28-16/h2-7,10H,8-9,11H2,1H3,(H,22,23)(H,25,26,27)/b12-6+,15-10-,16-7-. The van der Waals surface area contributed by atoms with Gasteiger partial charge in [-0.3, -0.25) is 19.0 Å². The predicted molar refractivity (Wildman–Crippen MR) is 120 cm³/mol. The maximum absolute atomic E-state index is 12.4. The molecule has 2 N–H and O–H groups in total. The number of allylic oxidation sites excluding steroid dienone is 4. The largest absolute Gasteiger partial charge is 0.480 e. The van der Waals surface area contributed by atoms with Crippen LogP contribution in [0.4, 0.5) is 5.69 Å². The fourth-order valence-corrected chi connectivity index (χ4v) is 4.56. The van der Waals surface area contributed by atoms with E-state index in [-0.39, 0.29) is 10.9 Å². The Balaban J connectivity index is 1.81. The Morgan fingerprint density at radius 3 is 2.68 bits per heavy atom. The summed E-state index contributed by atoms with van der Waals surface area (Å²) in [6, 6.07) is 7.07. The van der Waals surface area contributed by atoms with Crippen molar-refractivity contribution in [2.24, 2.45) is 0 Å².